The summed E-state index contributed by atoms with van der Waals surface area (Å²) in [4.78, 5) is 15.3. The van der Waals surface area contributed by atoms with Crippen molar-refractivity contribution < 1.29 is 9.53 Å². The number of piperidine rings is 2. The van der Waals surface area contributed by atoms with E-state index in [4.69, 9.17) is 22.1 Å². The third kappa shape index (κ3) is 2.64. The van der Waals surface area contributed by atoms with Gasteiger partial charge in [0, 0.05) is 30.1 Å². The summed E-state index contributed by atoms with van der Waals surface area (Å²) >= 11 is 6.21. The molecule has 130 valence electrons. The Bertz CT molecular complexity index is 665. The Hall–Kier alpha value is -1.46. The van der Waals surface area contributed by atoms with Gasteiger partial charge in [0.2, 0.25) is 0 Å². The molecule has 4 rings (SSSR count). The zero-order valence-corrected chi connectivity index (χ0v) is 14.7. The summed E-state index contributed by atoms with van der Waals surface area (Å²) in [7, 11) is 2.22. The van der Waals surface area contributed by atoms with Gasteiger partial charge in [0.1, 0.15) is 5.75 Å². The fourth-order valence-corrected chi connectivity index (χ4v) is 4.76. The number of carbonyl (C=O) groups is 1. The summed E-state index contributed by atoms with van der Waals surface area (Å²) < 4.78 is 5.66. The summed E-state index contributed by atoms with van der Waals surface area (Å²) in [6.45, 7) is 0.554. The normalized spacial score (nSPS) is 29.0. The molecule has 0 aliphatic carbocycles. The fraction of sp³-hybridized carbons (Fsp3) is 0.611. The second kappa shape index (κ2) is 6.12. The highest BCUT2D eigenvalue weighted by Crippen LogP contribution is 2.39. The van der Waals surface area contributed by atoms with E-state index in [9.17, 15) is 4.79 Å². The molecule has 2 fully saturated rings. The molecule has 3 aliphatic heterocycles. The van der Waals surface area contributed by atoms with Crippen molar-refractivity contribution in [2.45, 2.75) is 56.7 Å². The van der Waals surface area contributed by atoms with Gasteiger partial charge in [-0.2, -0.15) is 0 Å². The third-order valence-corrected chi connectivity index (χ3v) is 6.20. The van der Waals surface area contributed by atoms with E-state index in [1.54, 1.807) is 6.07 Å². The maximum atomic E-state index is 12.8. The number of rotatable bonds is 2. The molecular weight excluding hydrogens is 326 g/mol. The van der Waals surface area contributed by atoms with Crippen LogP contribution in [0.3, 0.4) is 0 Å². The van der Waals surface area contributed by atoms with Gasteiger partial charge in [-0.3, -0.25) is 4.79 Å². The van der Waals surface area contributed by atoms with Gasteiger partial charge in [0.25, 0.3) is 5.91 Å². The van der Waals surface area contributed by atoms with Crippen molar-refractivity contribution in [1.29, 1.82) is 0 Å². The third-order valence-electron chi connectivity index (χ3n) is 5.89. The zero-order chi connectivity index (χ0) is 16.8. The monoisotopic (exact) mass is 349 g/mol. The second-order valence-electron chi connectivity index (χ2n) is 7.27. The van der Waals surface area contributed by atoms with Crippen molar-refractivity contribution in [3.63, 3.8) is 0 Å². The number of carbonyl (C=O) groups excluding carboxylic acids is 1. The average Bonchev–Trinajstić information content (AvgIpc) is 3.01. The van der Waals surface area contributed by atoms with Crippen molar-refractivity contribution >= 4 is 23.2 Å². The van der Waals surface area contributed by atoms with E-state index in [1.165, 1.54) is 19.3 Å². The molecular formula is C18H24ClN3O2. The number of anilines is 1. The van der Waals surface area contributed by atoms with Crippen LogP contribution >= 0.6 is 11.6 Å². The maximum absolute atomic E-state index is 12.8. The molecule has 1 aromatic carbocycles. The standard InChI is InChI=1S/C18H24ClN3O2/c1-22-11-3-2-4-12(22)8-10(7-11)21-18(23)14-9-15(19)16(20)13-5-6-24-17(13)14/h9-12H,2-8,20H2,1H3,(H,21,23)/t10-,11+,12-. The first-order chi connectivity index (χ1) is 11.5. The predicted molar refractivity (Wildman–Crippen MR) is 94.7 cm³/mol. The van der Waals surface area contributed by atoms with Crippen LogP contribution in [-0.4, -0.2) is 42.6 Å². The minimum Gasteiger partial charge on any atom is -0.492 e. The molecule has 1 aromatic rings. The molecule has 3 aliphatic rings. The summed E-state index contributed by atoms with van der Waals surface area (Å²) in [5.41, 5.74) is 7.94. The van der Waals surface area contributed by atoms with E-state index < -0.39 is 0 Å². The van der Waals surface area contributed by atoms with E-state index in [0.29, 0.717) is 47.1 Å². The van der Waals surface area contributed by atoms with Crippen molar-refractivity contribution in [3.8, 4) is 5.75 Å². The Morgan fingerprint density at radius 2 is 2.08 bits per heavy atom. The van der Waals surface area contributed by atoms with E-state index in [2.05, 4.69) is 17.3 Å². The molecule has 6 heteroatoms. The first kappa shape index (κ1) is 16.0. The Balaban J connectivity index is 1.53. The molecule has 5 nitrogen and oxygen atoms in total. The van der Waals surface area contributed by atoms with Crippen LogP contribution in [0.25, 0.3) is 0 Å². The summed E-state index contributed by atoms with van der Waals surface area (Å²) in [6.07, 6.45) is 6.50. The van der Waals surface area contributed by atoms with Gasteiger partial charge in [-0.05, 0) is 38.8 Å². The Labute approximate surface area is 147 Å². The number of nitrogen functional groups attached to an aromatic ring is 1. The van der Waals surface area contributed by atoms with Crippen molar-refractivity contribution in [2.24, 2.45) is 0 Å². The number of fused-ring (bicyclic) bond motifs is 3. The zero-order valence-electron chi connectivity index (χ0n) is 14.0. The van der Waals surface area contributed by atoms with Gasteiger partial charge in [0.15, 0.2) is 0 Å². The van der Waals surface area contributed by atoms with Gasteiger partial charge in [0.05, 0.1) is 22.9 Å². The quantitative estimate of drug-likeness (QED) is 0.805. The number of nitrogens with two attached hydrogens (primary N) is 1. The first-order valence-electron chi connectivity index (χ1n) is 8.81. The number of hydrogen-bond donors (Lipinski definition) is 2. The van der Waals surface area contributed by atoms with Gasteiger partial charge >= 0.3 is 0 Å². The topological polar surface area (TPSA) is 67.6 Å². The van der Waals surface area contributed by atoms with E-state index >= 15 is 0 Å². The van der Waals surface area contributed by atoms with E-state index in [0.717, 1.165) is 18.4 Å². The van der Waals surface area contributed by atoms with Gasteiger partial charge < -0.3 is 20.7 Å². The van der Waals surface area contributed by atoms with Crippen LogP contribution in [-0.2, 0) is 6.42 Å². The lowest BCUT2D eigenvalue weighted by molar-refractivity contribution is 0.0462. The second-order valence-corrected chi connectivity index (χ2v) is 7.68. The fourth-order valence-electron chi connectivity index (χ4n) is 4.53. The molecule has 3 N–H and O–H groups in total. The van der Waals surface area contributed by atoms with Crippen LogP contribution in [0.4, 0.5) is 5.69 Å². The van der Waals surface area contributed by atoms with Crippen LogP contribution in [0, 0.1) is 0 Å². The Kier molecular flexibility index (Phi) is 4.09. The Morgan fingerprint density at radius 3 is 2.79 bits per heavy atom. The molecule has 0 aromatic heterocycles. The summed E-state index contributed by atoms with van der Waals surface area (Å²) in [5.74, 6) is 0.519. The highest BCUT2D eigenvalue weighted by molar-refractivity contribution is 6.33. The highest BCUT2D eigenvalue weighted by Gasteiger charge is 2.37. The smallest absolute Gasteiger partial charge is 0.255 e. The van der Waals surface area contributed by atoms with Crippen molar-refractivity contribution in [2.75, 3.05) is 19.4 Å². The molecule has 0 unspecified atom stereocenters. The van der Waals surface area contributed by atoms with E-state index in [-0.39, 0.29) is 11.9 Å². The molecule has 1 amide bonds. The molecule has 0 radical (unpaired) electrons. The van der Waals surface area contributed by atoms with Crippen LogP contribution in [0.2, 0.25) is 5.02 Å². The summed E-state index contributed by atoms with van der Waals surface area (Å²) in [5, 5.41) is 3.65. The molecule has 2 bridgehead atoms. The van der Waals surface area contributed by atoms with Crippen LogP contribution in [0.5, 0.6) is 5.75 Å². The predicted octanol–water partition coefficient (Wildman–Crippen LogP) is 2.60. The highest BCUT2D eigenvalue weighted by atomic mass is 35.5. The number of benzene rings is 1. The van der Waals surface area contributed by atoms with Crippen molar-refractivity contribution in [3.05, 3.63) is 22.2 Å². The van der Waals surface area contributed by atoms with Gasteiger partial charge in [-0.25, -0.2) is 0 Å². The molecule has 3 heterocycles. The largest absolute Gasteiger partial charge is 0.492 e. The minimum atomic E-state index is -0.0947. The maximum Gasteiger partial charge on any atom is 0.255 e. The Morgan fingerprint density at radius 1 is 1.38 bits per heavy atom. The van der Waals surface area contributed by atoms with Crippen LogP contribution < -0.4 is 15.8 Å². The first-order valence-corrected chi connectivity index (χ1v) is 9.19. The van der Waals surface area contributed by atoms with Crippen LogP contribution in [0.15, 0.2) is 6.07 Å². The summed E-state index contributed by atoms with van der Waals surface area (Å²) in [6, 6.07) is 3.03. The van der Waals surface area contributed by atoms with Gasteiger partial charge in [-0.15, -0.1) is 0 Å². The molecule has 0 spiro atoms. The SMILES string of the molecule is CN1[C@@H]2CCC[C@H]1C[C@@H](NC(=O)c1cc(Cl)c(N)c3c1OCC3)C2. The van der Waals surface area contributed by atoms with Gasteiger partial charge in [-0.1, -0.05) is 18.0 Å². The lowest BCUT2D eigenvalue weighted by Crippen LogP contribution is -2.55. The number of nitrogens with zero attached hydrogens (tertiary/aromatic N) is 1. The van der Waals surface area contributed by atoms with Crippen LogP contribution in [0.1, 0.15) is 48.0 Å². The average molecular weight is 350 g/mol. The number of halogens is 1. The molecule has 0 saturated carbocycles. The molecule has 24 heavy (non-hydrogen) atoms. The lowest BCUT2D eigenvalue weighted by atomic mass is 9.82. The number of nitrogens with one attached hydrogen (secondary N) is 1. The molecule has 3 atom stereocenters. The lowest BCUT2D eigenvalue weighted by Gasteiger charge is -2.47. The van der Waals surface area contributed by atoms with E-state index in [1.807, 2.05) is 0 Å². The van der Waals surface area contributed by atoms with Crippen molar-refractivity contribution in [1.82, 2.24) is 10.2 Å². The number of amides is 1. The number of ether oxygens (including phenoxy) is 1. The molecule has 2 saturated heterocycles. The minimum absolute atomic E-state index is 0.0947. The number of hydrogen-bond acceptors (Lipinski definition) is 4.